The summed E-state index contributed by atoms with van der Waals surface area (Å²) in [7, 11) is 0. The predicted octanol–water partition coefficient (Wildman–Crippen LogP) is 4.04. The molecule has 1 aliphatic rings. The molecule has 0 radical (unpaired) electrons. The normalized spacial score (nSPS) is 15.6. The molecule has 0 aromatic heterocycles. The van der Waals surface area contributed by atoms with E-state index in [2.05, 4.69) is 12.6 Å². The Kier molecular flexibility index (Phi) is 6.21. The van der Waals surface area contributed by atoms with Crippen molar-refractivity contribution in [3.8, 4) is 6.07 Å². The summed E-state index contributed by atoms with van der Waals surface area (Å²) in [6.45, 7) is 4.89. The molecule has 0 atom stereocenters. The highest BCUT2D eigenvalue weighted by Gasteiger charge is 2.24. The highest BCUT2D eigenvalue weighted by Crippen LogP contribution is 2.25. The summed E-state index contributed by atoms with van der Waals surface area (Å²) in [5.74, 6) is 0.394. The van der Waals surface area contributed by atoms with E-state index in [1.807, 2.05) is 23.1 Å². The lowest BCUT2D eigenvalue weighted by Gasteiger charge is -2.26. The first-order valence-corrected chi connectivity index (χ1v) is 8.13. The first-order valence-electron chi connectivity index (χ1n) is 8.13. The summed E-state index contributed by atoms with van der Waals surface area (Å²) >= 11 is 0. The highest BCUT2D eigenvalue weighted by atomic mass is 16.2. The zero-order valence-corrected chi connectivity index (χ0v) is 13.1. The van der Waals surface area contributed by atoms with Crippen molar-refractivity contribution in [1.82, 2.24) is 4.90 Å². The summed E-state index contributed by atoms with van der Waals surface area (Å²) in [6, 6.07) is 9.63. The molecule has 0 aliphatic heterocycles. The average molecular weight is 296 g/mol. The Balaban J connectivity index is 2.09. The Labute approximate surface area is 133 Å². The van der Waals surface area contributed by atoms with E-state index in [4.69, 9.17) is 5.26 Å². The number of nitrogens with zero attached hydrogens (tertiary/aromatic N) is 2. The van der Waals surface area contributed by atoms with Gasteiger partial charge in [0.2, 0.25) is 5.91 Å². The molecule has 116 valence electrons. The van der Waals surface area contributed by atoms with E-state index in [1.165, 1.54) is 12.8 Å². The Bertz CT molecular complexity index is 551. The minimum absolute atomic E-state index is 0.154. The molecule has 1 aliphatic carbocycles. The van der Waals surface area contributed by atoms with Crippen LogP contribution >= 0.6 is 0 Å². The highest BCUT2D eigenvalue weighted by molar-refractivity contribution is 5.79. The number of hydrogen-bond donors (Lipinski definition) is 0. The van der Waals surface area contributed by atoms with Gasteiger partial charge in [0, 0.05) is 19.0 Å². The van der Waals surface area contributed by atoms with Gasteiger partial charge in [0.15, 0.2) is 0 Å². The van der Waals surface area contributed by atoms with E-state index in [-0.39, 0.29) is 11.8 Å². The number of benzene rings is 1. The van der Waals surface area contributed by atoms with Gasteiger partial charge in [0.05, 0.1) is 11.6 Å². The number of amides is 1. The third kappa shape index (κ3) is 4.46. The van der Waals surface area contributed by atoms with Crippen molar-refractivity contribution in [3.63, 3.8) is 0 Å². The molecule has 3 nitrogen and oxygen atoms in total. The quantitative estimate of drug-likeness (QED) is 0.608. The Morgan fingerprint density at radius 3 is 2.68 bits per heavy atom. The van der Waals surface area contributed by atoms with Crippen LogP contribution in [0.5, 0.6) is 0 Å². The molecule has 0 bridgehead atoms. The van der Waals surface area contributed by atoms with Gasteiger partial charge in [-0.1, -0.05) is 43.9 Å². The monoisotopic (exact) mass is 296 g/mol. The van der Waals surface area contributed by atoms with E-state index in [0.717, 1.165) is 31.2 Å². The SMILES string of the molecule is C=CCN(Cc1cccc(C#N)c1)C(=O)C1CCCCCC1. The minimum Gasteiger partial charge on any atom is -0.334 e. The molecule has 0 spiro atoms. The first kappa shape index (κ1) is 16.3. The van der Waals surface area contributed by atoms with Crippen LogP contribution < -0.4 is 0 Å². The van der Waals surface area contributed by atoms with Crippen LogP contribution in [0.2, 0.25) is 0 Å². The topological polar surface area (TPSA) is 44.1 Å². The second-order valence-electron chi connectivity index (χ2n) is 6.01. The smallest absolute Gasteiger partial charge is 0.226 e. The van der Waals surface area contributed by atoms with Gasteiger partial charge in [-0.2, -0.15) is 5.26 Å². The van der Waals surface area contributed by atoms with Crippen molar-refractivity contribution in [1.29, 1.82) is 5.26 Å². The molecule has 22 heavy (non-hydrogen) atoms. The lowest BCUT2D eigenvalue weighted by molar-refractivity contribution is -0.136. The fraction of sp³-hybridized carbons (Fsp3) is 0.474. The van der Waals surface area contributed by atoms with Crippen molar-refractivity contribution in [2.24, 2.45) is 5.92 Å². The molecular weight excluding hydrogens is 272 g/mol. The zero-order chi connectivity index (χ0) is 15.8. The van der Waals surface area contributed by atoms with E-state index < -0.39 is 0 Å². The maximum absolute atomic E-state index is 12.8. The maximum Gasteiger partial charge on any atom is 0.226 e. The summed E-state index contributed by atoms with van der Waals surface area (Å²) < 4.78 is 0. The number of carbonyl (C=O) groups excluding carboxylic acids is 1. The molecule has 1 fully saturated rings. The number of rotatable bonds is 5. The second-order valence-corrected chi connectivity index (χ2v) is 6.01. The third-order valence-electron chi connectivity index (χ3n) is 4.30. The summed E-state index contributed by atoms with van der Waals surface area (Å²) in [6.07, 6.45) is 8.59. The standard InChI is InChI=1S/C19H24N2O/c1-2-12-21(15-17-9-7-8-16(13-17)14-20)19(22)18-10-5-3-4-6-11-18/h2,7-9,13,18H,1,3-6,10-12,15H2. The number of nitriles is 1. The van der Waals surface area contributed by atoms with Crippen LogP contribution in [0.25, 0.3) is 0 Å². The molecule has 1 saturated carbocycles. The molecule has 1 aromatic carbocycles. The predicted molar refractivity (Wildman–Crippen MR) is 88.0 cm³/mol. The largest absolute Gasteiger partial charge is 0.334 e. The van der Waals surface area contributed by atoms with Gasteiger partial charge in [-0.15, -0.1) is 6.58 Å². The Morgan fingerprint density at radius 1 is 1.32 bits per heavy atom. The van der Waals surface area contributed by atoms with Crippen LogP contribution in [0, 0.1) is 17.2 Å². The Hall–Kier alpha value is -2.08. The van der Waals surface area contributed by atoms with Crippen LogP contribution in [0.1, 0.15) is 49.7 Å². The molecule has 2 rings (SSSR count). The average Bonchev–Trinajstić information content (AvgIpc) is 2.83. The zero-order valence-electron chi connectivity index (χ0n) is 13.1. The first-order chi connectivity index (χ1) is 10.7. The molecule has 1 aromatic rings. The van der Waals surface area contributed by atoms with Crippen molar-refractivity contribution in [3.05, 3.63) is 48.0 Å². The molecule has 3 heteroatoms. The van der Waals surface area contributed by atoms with Gasteiger partial charge in [0.1, 0.15) is 0 Å². The second kappa shape index (κ2) is 8.38. The van der Waals surface area contributed by atoms with Gasteiger partial charge in [-0.05, 0) is 30.5 Å². The summed E-state index contributed by atoms with van der Waals surface area (Å²) in [4.78, 5) is 14.7. The summed E-state index contributed by atoms with van der Waals surface area (Å²) in [5.41, 5.74) is 1.64. The number of carbonyl (C=O) groups is 1. The summed E-state index contributed by atoms with van der Waals surface area (Å²) in [5, 5.41) is 9.00. The van der Waals surface area contributed by atoms with Crippen molar-refractivity contribution in [2.45, 2.75) is 45.1 Å². The fourth-order valence-electron chi connectivity index (χ4n) is 3.13. The van der Waals surface area contributed by atoms with Gasteiger partial charge in [0.25, 0.3) is 0 Å². The van der Waals surface area contributed by atoms with Crippen molar-refractivity contribution < 1.29 is 4.79 Å². The van der Waals surface area contributed by atoms with Crippen LogP contribution in [0.3, 0.4) is 0 Å². The fourth-order valence-corrected chi connectivity index (χ4v) is 3.13. The molecular formula is C19H24N2O. The lowest BCUT2D eigenvalue weighted by Crippen LogP contribution is -2.35. The van der Waals surface area contributed by atoms with Crippen LogP contribution in [0.4, 0.5) is 0 Å². The molecule has 0 heterocycles. The van der Waals surface area contributed by atoms with E-state index in [0.29, 0.717) is 18.7 Å². The van der Waals surface area contributed by atoms with E-state index >= 15 is 0 Å². The van der Waals surface area contributed by atoms with Crippen molar-refractivity contribution >= 4 is 5.91 Å². The van der Waals surface area contributed by atoms with Gasteiger partial charge in [-0.3, -0.25) is 4.79 Å². The molecule has 0 saturated heterocycles. The lowest BCUT2D eigenvalue weighted by atomic mass is 9.98. The van der Waals surface area contributed by atoms with Crippen LogP contribution in [-0.4, -0.2) is 17.4 Å². The third-order valence-corrected chi connectivity index (χ3v) is 4.30. The van der Waals surface area contributed by atoms with E-state index in [1.54, 1.807) is 12.1 Å². The van der Waals surface area contributed by atoms with Gasteiger partial charge < -0.3 is 4.90 Å². The Morgan fingerprint density at radius 2 is 2.05 bits per heavy atom. The van der Waals surface area contributed by atoms with Gasteiger partial charge >= 0.3 is 0 Å². The molecule has 0 unspecified atom stereocenters. The maximum atomic E-state index is 12.8. The molecule has 1 amide bonds. The van der Waals surface area contributed by atoms with E-state index in [9.17, 15) is 4.79 Å². The van der Waals surface area contributed by atoms with Crippen molar-refractivity contribution in [2.75, 3.05) is 6.54 Å². The number of hydrogen-bond acceptors (Lipinski definition) is 2. The minimum atomic E-state index is 0.154. The van der Waals surface area contributed by atoms with Gasteiger partial charge in [-0.25, -0.2) is 0 Å². The van der Waals surface area contributed by atoms with Crippen LogP contribution in [-0.2, 0) is 11.3 Å². The molecule has 0 N–H and O–H groups in total. The van der Waals surface area contributed by atoms with Crippen LogP contribution in [0.15, 0.2) is 36.9 Å².